The third-order valence-electron chi connectivity index (χ3n) is 4.52. The van der Waals surface area contributed by atoms with Crippen LogP contribution in [0.15, 0.2) is 59.4 Å². The van der Waals surface area contributed by atoms with Gasteiger partial charge in [0.1, 0.15) is 0 Å². The molecule has 3 rings (SSSR count). The van der Waals surface area contributed by atoms with E-state index in [1.54, 1.807) is 0 Å². The van der Waals surface area contributed by atoms with Crippen molar-refractivity contribution in [1.29, 1.82) is 0 Å². The predicted octanol–water partition coefficient (Wildman–Crippen LogP) is 3.01. The predicted molar refractivity (Wildman–Crippen MR) is 109 cm³/mol. The van der Waals surface area contributed by atoms with Gasteiger partial charge >= 0.3 is 0 Å². The Kier molecular flexibility index (Phi) is 7.04. The Labute approximate surface area is 161 Å². The molecule has 0 amide bonds. The molecule has 0 aliphatic carbocycles. The van der Waals surface area contributed by atoms with Gasteiger partial charge in [0.25, 0.3) is 0 Å². The largest absolute Gasteiger partial charge is 0.377 e. The van der Waals surface area contributed by atoms with Gasteiger partial charge in [-0.05, 0) is 31.9 Å². The third-order valence-corrected chi connectivity index (χ3v) is 4.52. The zero-order chi connectivity index (χ0) is 18.9. The van der Waals surface area contributed by atoms with Crippen molar-refractivity contribution >= 4 is 5.96 Å². The molecule has 0 bridgehead atoms. The van der Waals surface area contributed by atoms with Crippen molar-refractivity contribution < 1.29 is 4.74 Å². The number of nitrogens with zero attached hydrogens (tertiary/aromatic N) is 4. The Balaban J connectivity index is 1.59. The molecule has 1 aromatic carbocycles. The molecule has 2 aromatic rings. The van der Waals surface area contributed by atoms with E-state index in [4.69, 9.17) is 9.73 Å². The SMILES string of the molecule is CCNC(=NCCC1=CCOCC1)N(C)Cc1cnn(-c2ccccc2)c1. The zero-order valence-electron chi connectivity index (χ0n) is 16.3. The number of nitrogens with one attached hydrogen (secondary N) is 1. The topological polar surface area (TPSA) is 54.7 Å². The maximum absolute atomic E-state index is 5.36. The first-order chi connectivity index (χ1) is 13.3. The number of benzene rings is 1. The monoisotopic (exact) mass is 367 g/mol. The normalized spacial score (nSPS) is 14.7. The minimum absolute atomic E-state index is 0.740. The van der Waals surface area contributed by atoms with Gasteiger partial charge in [0.05, 0.1) is 25.1 Å². The Morgan fingerprint density at radius 3 is 2.93 bits per heavy atom. The molecule has 0 atom stereocenters. The molecule has 0 fully saturated rings. The summed E-state index contributed by atoms with van der Waals surface area (Å²) >= 11 is 0. The van der Waals surface area contributed by atoms with E-state index in [-0.39, 0.29) is 0 Å². The lowest BCUT2D eigenvalue weighted by atomic mass is 10.1. The number of hydrogen-bond acceptors (Lipinski definition) is 3. The fourth-order valence-corrected chi connectivity index (χ4v) is 3.08. The first-order valence-electron chi connectivity index (χ1n) is 9.60. The van der Waals surface area contributed by atoms with E-state index < -0.39 is 0 Å². The highest BCUT2D eigenvalue weighted by Gasteiger charge is 2.09. The number of aliphatic imine (C=N–C) groups is 1. The van der Waals surface area contributed by atoms with E-state index in [0.717, 1.165) is 62.9 Å². The van der Waals surface area contributed by atoms with Crippen LogP contribution in [0.1, 0.15) is 25.3 Å². The maximum Gasteiger partial charge on any atom is 0.193 e. The Hall–Kier alpha value is -2.60. The molecular weight excluding hydrogens is 338 g/mol. The van der Waals surface area contributed by atoms with Crippen LogP contribution in [0, 0.1) is 0 Å². The van der Waals surface area contributed by atoms with Crippen molar-refractivity contribution in [3.05, 3.63) is 59.9 Å². The van der Waals surface area contributed by atoms with Crippen LogP contribution < -0.4 is 5.32 Å². The molecule has 0 saturated heterocycles. The van der Waals surface area contributed by atoms with Crippen molar-refractivity contribution in [2.24, 2.45) is 4.99 Å². The maximum atomic E-state index is 5.36. The van der Waals surface area contributed by atoms with Crippen LogP contribution in [0.3, 0.4) is 0 Å². The Morgan fingerprint density at radius 2 is 2.19 bits per heavy atom. The minimum Gasteiger partial charge on any atom is -0.377 e. The van der Waals surface area contributed by atoms with E-state index in [2.05, 4.69) is 53.7 Å². The van der Waals surface area contributed by atoms with Crippen molar-refractivity contribution in [1.82, 2.24) is 20.0 Å². The van der Waals surface area contributed by atoms with Gasteiger partial charge < -0.3 is 15.0 Å². The van der Waals surface area contributed by atoms with Crippen LogP contribution in [0.25, 0.3) is 5.69 Å². The van der Waals surface area contributed by atoms with Gasteiger partial charge in [0.2, 0.25) is 0 Å². The van der Waals surface area contributed by atoms with Crippen LogP contribution in [0.5, 0.6) is 0 Å². The minimum atomic E-state index is 0.740. The van der Waals surface area contributed by atoms with Gasteiger partial charge in [-0.15, -0.1) is 0 Å². The summed E-state index contributed by atoms with van der Waals surface area (Å²) in [6, 6.07) is 10.2. The molecule has 1 aliphatic rings. The van der Waals surface area contributed by atoms with E-state index >= 15 is 0 Å². The molecule has 27 heavy (non-hydrogen) atoms. The summed E-state index contributed by atoms with van der Waals surface area (Å²) < 4.78 is 7.27. The van der Waals surface area contributed by atoms with Crippen LogP contribution in [0.2, 0.25) is 0 Å². The second kappa shape index (κ2) is 9.92. The van der Waals surface area contributed by atoms with Crippen molar-refractivity contribution in [3.63, 3.8) is 0 Å². The quantitative estimate of drug-likeness (QED) is 0.464. The number of guanidine groups is 1. The van der Waals surface area contributed by atoms with E-state index in [9.17, 15) is 0 Å². The van der Waals surface area contributed by atoms with Gasteiger partial charge in [-0.3, -0.25) is 4.99 Å². The van der Waals surface area contributed by atoms with Crippen LogP contribution in [-0.2, 0) is 11.3 Å². The highest BCUT2D eigenvalue weighted by atomic mass is 16.5. The Bertz CT molecular complexity index is 766. The summed E-state index contributed by atoms with van der Waals surface area (Å²) in [6.07, 6.45) is 8.20. The first kappa shape index (κ1) is 19.2. The molecule has 1 N–H and O–H groups in total. The lowest BCUT2D eigenvalue weighted by molar-refractivity contribution is 0.153. The van der Waals surface area contributed by atoms with Crippen LogP contribution in [0.4, 0.5) is 0 Å². The average molecular weight is 367 g/mol. The lowest BCUT2D eigenvalue weighted by Gasteiger charge is -2.21. The molecular formula is C21H29N5O. The molecule has 0 saturated carbocycles. The zero-order valence-corrected chi connectivity index (χ0v) is 16.3. The molecule has 0 unspecified atom stereocenters. The van der Waals surface area contributed by atoms with E-state index in [1.165, 1.54) is 5.57 Å². The van der Waals surface area contributed by atoms with E-state index in [1.807, 2.05) is 29.1 Å². The van der Waals surface area contributed by atoms with E-state index in [0.29, 0.717) is 0 Å². The molecule has 6 heteroatoms. The van der Waals surface area contributed by atoms with Crippen LogP contribution in [-0.4, -0.2) is 54.0 Å². The van der Waals surface area contributed by atoms with Gasteiger partial charge in [-0.2, -0.15) is 5.10 Å². The summed E-state index contributed by atoms with van der Waals surface area (Å²) in [5.74, 6) is 0.928. The Morgan fingerprint density at radius 1 is 1.33 bits per heavy atom. The number of rotatable bonds is 7. The number of ether oxygens (including phenoxy) is 1. The van der Waals surface area contributed by atoms with Crippen LogP contribution >= 0.6 is 0 Å². The van der Waals surface area contributed by atoms with Gasteiger partial charge in [0, 0.05) is 38.4 Å². The van der Waals surface area contributed by atoms with Crippen molar-refractivity contribution in [2.75, 3.05) is 33.4 Å². The van der Waals surface area contributed by atoms with Gasteiger partial charge in [0.15, 0.2) is 5.96 Å². The number of hydrogen-bond donors (Lipinski definition) is 1. The molecule has 1 aromatic heterocycles. The smallest absolute Gasteiger partial charge is 0.193 e. The highest BCUT2D eigenvalue weighted by molar-refractivity contribution is 5.79. The van der Waals surface area contributed by atoms with Crippen molar-refractivity contribution in [2.45, 2.75) is 26.3 Å². The fraction of sp³-hybridized carbons (Fsp3) is 0.429. The summed E-state index contributed by atoms with van der Waals surface area (Å²) in [6.45, 7) is 6.07. The standard InChI is InChI=1S/C21H29N5O/c1-3-22-21(23-12-9-18-10-13-27-14-11-18)25(2)16-19-15-24-26(17-19)20-7-5-4-6-8-20/h4-8,10,15,17H,3,9,11-14,16H2,1-2H3,(H,22,23). The lowest BCUT2D eigenvalue weighted by Crippen LogP contribution is -2.38. The summed E-state index contributed by atoms with van der Waals surface area (Å²) in [5.41, 5.74) is 3.67. The van der Waals surface area contributed by atoms with Gasteiger partial charge in [-0.25, -0.2) is 4.68 Å². The fourth-order valence-electron chi connectivity index (χ4n) is 3.08. The average Bonchev–Trinajstić information content (AvgIpc) is 3.17. The number of aromatic nitrogens is 2. The second-order valence-corrected chi connectivity index (χ2v) is 6.66. The summed E-state index contributed by atoms with van der Waals surface area (Å²) in [5, 5.41) is 7.86. The van der Waals surface area contributed by atoms with Crippen molar-refractivity contribution in [3.8, 4) is 5.69 Å². The highest BCUT2D eigenvalue weighted by Crippen LogP contribution is 2.12. The first-order valence-corrected chi connectivity index (χ1v) is 9.60. The molecule has 6 nitrogen and oxygen atoms in total. The molecule has 0 spiro atoms. The summed E-state index contributed by atoms with van der Waals surface area (Å²) in [7, 11) is 2.06. The molecule has 2 heterocycles. The molecule has 144 valence electrons. The summed E-state index contributed by atoms with van der Waals surface area (Å²) in [4.78, 5) is 6.94. The molecule has 1 aliphatic heterocycles. The molecule has 0 radical (unpaired) electrons. The van der Waals surface area contributed by atoms with Gasteiger partial charge in [-0.1, -0.05) is 29.8 Å². The number of para-hydroxylation sites is 1. The third kappa shape index (κ3) is 5.69. The second-order valence-electron chi connectivity index (χ2n) is 6.66.